The lowest BCUT2D eigenvalue weighted by Crippen LogP contribution is -2.35. The molecule has 0 aliphatic heterocycles. The van der Waals surface area contributed by atoms with Gasteiger partial charge in [-0.15, -0.1) is 0 Å². The molecule has 0 bridgehead atoms. The number of aliphatic hydroxyl groups is 1. The van der Waals surface area contributed by atoms with E-state index in [0.29, 0.717) is 13.2 Å². The van der Waals surface area contributed by atoms with Crippen molar-refractivity contribution in [1.29, 1.82) is 0 Å². The monoisotopic (exact) mass is 252 g/mol. The van der Waals surface area contributed by atoms with Crippen molar-refractivity contribution >= 4 is 0 Å². The molecule has 1 rings (SSSR count). The lowest BCUT2D eigenvalue weighted by molar-refractivity contribution is -0.113. The number of hydrogen-bond donors (Lipinski definition) is 1. The Kier molecular flexibility index (Phi) is 5.63. The van der Waals surface area contributed by atoms with Crippen molar-refractivity contribution in [2.24, 2.45) is 0 Å². The predicted octanol–water partition coefficient (Wildman–Crippen LogP) is 3.32. The zero-order chi connectivity index (χ0) is 13.6. The van der Waals surface area contributed by atoms with Gasteiger partial charge >= 0.3 is 0 Å². The van der Waals surface area contributed by atoms with Crippen molar-refractivity contribution in [2.75, 3.05) is 13.2 Å². The molecule has 1 aromatic carbocycles. The Morgan fingerprint density at radius 1 is 1.22 bits per heavy atom. The van der Waals surface area contributed by atoms with Gasteiger partial charge in [0.15, 0.2) is 0 Å². The first-order valence-corrected chi connectivity index (χ1v) is 6.62. The van der Waals surface area contributed by atoms with Crippen molar-refractivity contribution in [3.8, 4) is 5.75 Å². The van der Waals surface area contributed by atoms with Gasteiger partial charge in [-0.1, -0.05) is 19.1 Å². The van der Waals surface area contributed by atoms with Gasteiger partial charge in [-0.2, -0.15) is 0 Å². The molecule has 0 radical (unpaired) electrons. The third-order valence-corrected chi connectivity index (χ3v) is 3.24. The zero-order valence-corrected chi connectivity index (χ0v) is 11.8. The second kappa shape index (κ2) is 6.76. The van der Waals surface area contributed by atoms with E-state index in [4.69, 9.17) is 9.47 Å². The molecule has 3 nitrogen and oxygen atoms in total. The molecule has 0 spiro atoms. The van der Waals surface area contributed by atoms with Gasteiger partial charge in [-0.05, 0) is 44.9 Å². The van der Waals surface area contributed by atoms with Crippen molar-refractivity contribution in [3.05, 3.63) is 29.8 Å². The maximum Gasteiger partial charge on any atom is 0.119 e. The summed E-state index contributed by atoms with van der Waals surface area (Å²) in [6.07, 6.45) is 0.101. The molecule has 0 aliphatic carbocycles. The molecule has 0 fully saturated rings. The first-order chi connectivity index (χ1) is 8.57. The molecule has 0 saturated heterocycles. The topological polar surface area (TPSA) is 38.7 Å². The van der Waals surface area contributed by atoms with Crippen molar-refractivity contribution in [2.45, 2.75) is 45.8 Å². The fourth-order valence-corrected chi connectivity index (χ4v) is 2.00. The maximum absolute atomic E-state index is 10.5. The summed E-state index contributed by atoms with van der Waals surface area (Å²) in [5, 5.41) is 10.5. The van der Waals surface area contributed by atoms with Gasteiger partial charge in [-0.3, -0.25) is 0 Å². The number of benzene rings is 1. The van der Waals surface area contributed by atoms with E-state index in [0.717, 1.165) is 17.7 Å². The molecule has 0 amide bonds. The van der Waals surface area contributed by atoms with Crippen LogP contribution in [0.2, 0.25) is 0 Å². The Bertz CT molecular complexity index is 365. The van der Waals surface area contributed by atoms with Gasteiger partial charge in [0.2, 0.25) is 0 Å². The minimum absolute atomic E-state index is 0.556. The molecule has 102 valence electrons. The average Bonchev–Trinajstić information content (AvgIpc) is 2.39. The van der Waals surface area contributed by atoms with Crippen LogP contribution in [0.3, 0.4) is 0 Å². The Morgan fingerprint density at radius 3 is 2.50 bits per heavy atom. The summed E-state index contributed by atoms with van der Waals surface area (Å²) in [5.41, 5.74) is 0.276. The van der Waals surface area contributed by atoms with Gasteiger partial charge in [0.1, 0.15) is 11.9 Å². The Balaban J connectivity index is 2.94. The Labute approximate surface area is 110 Å². The SMILES string of the molecule is CCOc1cccc(C(O)C(C)(CC)OCC)c1. The Morgan fingerprint density at radius 2 is 1.94 bits per heavy atom. The second-order valence-electron chi connectivity index (χ2n) is 4.51. The molecule has 3 heteroatoms. The van der Waals surface area contributed by atoms with Crippen LogP contribution in [0.4, 0.5) is 0 Å². The molecular formula is C15H24O3. The minimum atomic E-state index is -0.650. The molecule has 2 unspecified atom stereocenters. The average molecular weight is 252 g/mol. The second-order valence-corrected chi connectivity index (χ2v) is 4.51. The summed E-state index contributed by atoms with van der Waals surface area (Å²) < 4.78 is 11.2. The van der Waals surface area contributed by atoms with E-state index < -0.39 is 11.7 Å². The third-order valence-electron chi connectivity index (χ3n) is 3.24. The van der Waals surface area contributed by atoms with Crippen molar-refractivity contribution in [1.82, 2.24) is 0 Å². The highest BCUT2D eigenvalue weighted by Gasteiger charge is 2.33. The van der Waals surface area contributed by atoms with Crippen molar-refractivity contribution in [3.63, 3.8) is 0 Å². The summed E-state index contributed by atoms with van der Waals surface area (Å²) in [5.74, 6) is 0.781. The van der Waals surface area contributed by atoms with Crippen LogP contribution in [0.1, 0.15) is 45.8 Å². The van der Waals surface area contributed by atoms with E-state index in [2.05, 4.69) is 0 Å². The van der Waals surface area contributed by atoms with Gasteiger partial charge in [0.05, 0.1) is 12.2 Å². The largest absolute Gasteiger partial charge is 0.494 e. The predicted molar refractivity (Wildman–Crippen MR) is 72.9 cm³/mol. The highest BCUT2D eigenvalue weighted by atomic mass is 16.5. The lowest BCUT2D eigenvalue weighted by Gasteiger charge is -2.33. The summed E-state index contributed by atoms with van der Waals surface area (Å²) in [4.78, 5) is 0. The molecule has 1 N–H and O–H groups in total. The van der Waals surface area contributed by atoms with Gasteiger partial charge in [0.25, 0.3) is 0 Å². The zero-order valence-electron chi connectivity index (χ0n) is 11.8. The van der Waals surface area contributed by atoms with Crippen LogP contribution < -0.4 is 4.74 Å². The third kappa shape index (κ3) is 3.47. The summed E-state index contributed by atoms with van der Waals surface area (Å²) in [6, 6.07) is 7.57. The van der Waals surface area contributed by atoms with Crippen molar-refractivity contribution < 1.29 is 14.6 Å². The summed E-state index contributed by atoms with van der Waals surface area (Å²) in [6.45, 7) is 9.05. The summed E-state index contributed by atoms with van der Waals surface area (Å²) >= 11 is 0. The van der Waals surface area contributed by atoms with Gasteiger partial charge in [-0.25, -0.2) is 0 Å². The maximum atomic E-state index is 10.5. The van der Waals surface area contributed by atoms with Crippen LogP contribution in [0.5, 0.6) is 5.75 Å². The number of aliphatic hydroxyl groups excluding tert-OH is 1. The van der Waals surface area contributed by atoms with Crippen LogP contribution >= 0.6 is 0 Å². The first-order valence-electron chi connectivity index (χ1n) is 6.62. The van der Waals surface area contributed by atoms with Crippen LogP contribution in [0, 0.1) is 0 Å². The Hall–Kier alpha value is -1.06. The van der Waals surface area contributed by atoms with Crippen LogP contribution in [-0.4, -0.2) is 23.9 Å². The van der Waals surface area contributed by atoms with Gasteiger partial charge < -0.3 is 14.6 Å². The van der Waals surface area contributed by atoms with E-state index >= 15 is 0 Å². The van der Waals surface area contributed by atoms with Gasteiger partial charge in [0, 0.05) is 6.61 Å². The van der Waals surface area contributed by atoms with E-state index in [-0.39, 0.29) is 0 Å². The minimum Gasteiger partial charge on any atom is -0.494 e. The van der Waals surface area contributed by atoms with E-state index in [9.17, 15) is 5.11 Å². The number of ether oxygens (including phenoxy) is 2. The fourth-order valence-electron chi connectivity index (χ4n) is 2.00. The molecule has 0 heterocycles. The number of rotatable bonds is 7. The first kappa shape index (κ1) is 15.0. The van der Waals surface area contributed by atoms with Crippen LogP contribution in [0.15, 0.2) is 24.3 Å². The molecule has 18 heavy (non-hydrogen) atoms. The highest BCUT2D eigenvalue weighted by Crippen LogP contribution is 2.33. The van der Waals surface area contributed by atoms with Crippen LogP contribution in [-0.2, 0) is 4.74 Å². The summed E-state index contributed by atoms with van der Waals surface area (Å²) in [7, 11) is 0. The normalized spacial score (nSPS) is 16.1. The quantitative estimate of drug-likeness (QED) is 0.809. The smallest absolute Gasteiger partial charge is 0.119 e. The fraction of sp³-hybridized carbons (Fsp3) is 0.600. The van der Waals surface area contributed by atoms with Crippen LogP contribution in [0.25, 0.3) is 0 Å². The molecule has 0 saturated carbocycles. The standard InChI is InChI=1S/C15H24O3/c1-5-15(4,18-7-3)14(16)12-9-8-10-13(11-12)17-6-2/h8-11,14,16H,5-7H2,1-4H3. The molecular weight excluding hydrogens is 228 g/mol. The lowest BCUT2D eigenvalue weighted by atomic mass is 9.90. The molecule has 0 aromatic heterocycles. The van der Waals surface area contributed by atoms with E-state index in [1.54, 1.807) is 0 Å². The highest BCUT2D eigenvalue weighted by molar-refractivity contribution is 5.31. The van der Waals surface area contributed by atoms with E-state index in [1.165, 1.54) is 0 Å². The van der Waals surface area contributed by atoms with E-state index in [1.807, 2.05) is 52.0 Å². The number of hydrogen-bond acceptors (Lipinski definition) is 3. The molecule has 2 atom stereocenters. The molecule has 1 aromatic rings. The molecule has 0 aliphatic rings.